The van der Waals surface area contributed by atoms with Gasteiger partial charge in [0.15, 0.2) is 18.1 Å². The molecule has 0 atom stereocenters. The first kappa shape index (κ1) is 15.8. The molecule has 1 heterocycles. The standard InChI is InChI=1S/C16H15BrO3S/c1-3-4-11-5-6-13(14(9-11)19-2)20-10-12(18)15-7-8-16(17)21-15/h3-9H,10H2,1-2H3. The van der Waals surface area contributed by atoms with Gasteiger partial charge in [-0.05, 0) is 52.7 Å². The first-order valence-corrected chi connectivity index (χ1v) is 7.97. The van der Waals surface area contributed by atoms with Crippen LogP contribution in [0.4, 0.5) is 0 Å². The lowest BCUT2D eigenvalue weighted by molar-refractivity contribution is 0.0923. The van der Waals surface area contributed by atoms with E-state index < -0.39 is 0 Å². The van der Waals surface area contributed by atoms with Crippen molar-refractivity contribution in [3.05, 3.63) is 50.6 Å². The van der Waals surface area contributed by atoms with Crippen LogP contribution in [0.5, 0.6) is 11.5 Å². The Bertz CT molecular complexity index is 661. The fourth-order valence-electron chi connectivity index (χ4n) is 1.78. The Balaban J connectivity index is 2.07. The lowest BCUT2D eigenvalue weighted by Crippen LogP contribution is -2.10. The van der Waals surface area contributed by atoms with Crippen LogP contribution in [0.2, 0.25) is 0 Å². The molecule has 0 spiro atoms. The van der Waals surface area contributed by atoms with Crippen molar-refractivity contribution in [3.8, 4) is 11.5 Å². The van der Waals surface area contributed by atoms with Gasteiger partial charge in [-0.15, -0.1) is 11.3 Å². The van der Waals surface area contributed by atoms with Crippen molar-refractivity contribution < 1.29 is 14.3 Å². The van der Waals surface area contributed by atoms with Crippen LogP contribution < -0.4 is 9.47 Å². The predicted molar refractivity (Wildman–Crippen MR) is 89.5 cm³/mol. The highest BCUT2D eigenvalue weighted by Crippen LogP contribution is 2.29. The Morgan fingerprint density at radius 2 is 2.10 bits per heavy atom. The van der Waals surface area contributed by atoms with Crippen LogP contribution in [-0.4, -0.2) is 19.5 Å². The molecule has 5 heteroatoms. The van der Waals surface area contributed by atoms with Gasteiger partial charge in [0.1, 0.15) is 0 Å². The van der Waals surface area contributed by atoms with E-state index in [2.05, 4.69) is 15.9 Å². The number of carbonyl (C=O) groups excluding carboxylic acids is 1. The minimum atomic E-state index is -0.0507. The van der Waals surface area contributed by atoms with Gasteiger partial charge in [-0.2, -0.15) is 0 Å². The summed E-state index contributed by atoms with van der Waals surface area (Å²) in [6.07, 6.45) is 3.92. The number of halogens is 1. The molecule has 2 rings (SSSR count). The van der Waals surface area contributed by atoms with E-state index in [4.69, 9.17) is 9.47 Å². The minimum absolute atomic E-state index is 0.00766. The topological polar surface area (TPSA) is 35.5 Å². The highest BCUT2D eigenvalue weighted by molar-refractivity contribution is 9.11. The van der Waals surface area contributed by atoms with Crippen molar-refractivity contribution in [2.75, 3.05) is 13.7 Å². The summed E-state index contributed by atoms with van der Waals surface area (Å²) in [6, 6.07) is 9.24. The normalized spacial score (nSPS) is 10.8. The fraction of sp³-hybridized carbons (Fsp3) is 0.188. The lowest BCUT2D eigenvalue weighted by Gasteiger charge is -2.10. The van der Waals surface area contributed by atoms with Crippen molar-refractivity contribution in [2.24, 2.45) is 0 Å². The second-order valence-electron chi connectivity index (χ2n) is 4.23. The number of benzene rings is 1. The molecule has 21 heavy (non-hydrogen) atoms. The first-order valence-electron chi connectivity index (χ1n) is 6.36. The van der Waals surface area contributed by atoms with Crippen LogP contribution in [0.15, 0.2) is 40.2 Å². The minimum Gasteiger partial charge on any atom is -0.493 e. The van der Waals surface area contributed by atoms with Crippen molar-refractivity contribution >= 4 is 39.1 Å². The predicted octanol–water partition coefficient (Wildman–Crippen LogP) is 4.81. The fourth-order valence-corrected chi connectivity index (χ4v) is 3.09. The summed E-state index contributed by atoms with van der Waals surface area (Å²) in [6.45, 7) is 1.95. The number of carbonyl (C=O) groups is 1. The molecule has 3 nitrogen and oxygen atoms in total. The summed E-state index contributed by atoms with van der Waals surface area (Å²) in [5, 5.41) is 0. The molecule has 0 aliphatic heterocycles. The molecular formula is C16H15BrO3S. The Morgan fingerprint density at radius 3 is 2.71 bits per heavy atom. The van der Waals surface area contributed by atoms with Gasteiger partial charge in [0, 0.05) is 0 Å². The Morgan fingerprint density at radius 1 is 1.29 bits per heavy atom. The van der Waals surface area contributed by atoms with Gasteiger partial charge < -0.3 is 9.47 Å². The van der Waals surface area contributed by atoms with Crippen LogP contribution >= 0.6 is 27.3 Å². The van der Waals surface area contributed by atoms with E-state index in [1.165, 1.54) is 11.3 Å². The maximum Gasteiger partial charge on any atom is 0.210 e. The van der Waals surface area contributed by atoms with Crippen LogP contribution in [-0.2, 0) is 0 Å². The average molecular weight is 367 g/mol. The molecule has 1 aromatic carbocycles. The molecule has 2 aromatic rings. The quantitative estimate of drug-likeness (QED) is 0.687. The van der Waals surface area contributed by atoms with Gasteiger partial charge in [-0.25, -0.2) is 0 Å². The van der Waals surface area contributed by atoms with Gasteiger partial charge in [-0.3, -0.25) is 4.79 Å². The Labute approximate surface area is 136 Å². The third kappa shape index (κ3) is 4.19. The number of ether oxygens (including phenoxy) is 2. The monoisotopic (exact) mass is 366 g/mol. The molecule has 0 aliphatic rings. The van der Waals surface area contributed by atoms with E-state index in [1.54, 1.807) is 13.2 Å². The van der Waals surface area contributed by atoms with E-state index in [9.17, 15) is 4.79 Å². The molecule has 0 saturated heterocycles. The van der Waals surface area contributed by atoms with E-state index in [0.717, 1.165) is 9.35 Å². The number of hydrogen-bond acceptors (Lipinski definition) is 4. The summed E-state index contributed by atoms with van der Waals surface area (Å²) < 4.78 is 11.8. The number of thiophene rings is 1. The Kier molecular flexibility index (Phi) is 5.59. The zero-order valence-corrected chi connectivity index (χ0v) is 14.2. The third-order valence-corrected chi connectivity index (χ3v) is 4.42. The van der Waals surface area contributed by atoms with Crippen LogP contribution in [0.25, 0.3) is 6.08 Å². The highest BCUT2D eigenvalue weighted by atomic mass is 79.9. The van der Waals surface area contributed by atoms with Gasteiger partial charge in [-0.1, -0.05) is 18.2 Å². The van der Waals surface area contributed by atoms with Crippen LogP contribution in [0.1, 0.15) is 22.2 Å². The maximum absolute atomic E-state index is 12.0. The molecule has 0 unspecified atom stereocenters. The maximum atomic E-state index is 12.0. The third-order valence-electron chi connectivity index (χ3n) is 2.75. The largest absolute Gasteiger partial charge is 0.493 e. The van der Waals surface area contributed by atoms with E-state index >= 15 is 0 Å². The van der Waals surface area contributed by atoms with Crippen molar-refractivity contribution in [3.63, 3.8) is 0 Å². The van der Waals surface area contributed by atoms with Gasteiger partial charge >= 0.3 is 0 Å². The van der Waals surface area contributed by atoms with Gasteiger partial charge in [0.05, 0.1) is 15.8 Å². The molecule has 0 saturated carbocycles. The first-order chi connectivity index (χ1) is 10.1. The summed E-state index contributed by atoms with van der Waals surface area (Å²) in [4.78, 5) is 12.7. The van der Waals surface area contributed by atoms with Crippen LogP contribution in [0.3, 0.4) is 0 Å². The van der Waals surface area contributed by atoms with Crippen molar-refractivity contribution in [1.29, 1.82) is 0 Å². The number of hydrogen-bond donors (Lipinski definition) is 0. The number of allylic oxidation sites excluding steroid dienone is 1. The summed E-state index contributed by atoms with van der Waals surface area (Å²) in [7, 11) is 1.58. The zero-order chi connectivity index (χ0) is 15.2. The van der Waals surface area contributed by atoms with E-state index in [0.29, 0.717) is 16.4 Å². The number of Topliss-reactive ketones (excluding diaryl/α,β-unsaturated/α-hetero) is 1. The summed E-state index contributed by atoms with van der Waals surface area (Å²) >= 11 is 4.74. The molecule has 0 amide bonds. The smallest absolute Gasteiger partial charge is 0.210 e. The summed E-state index contributed by atoms with van der Waals surface area (Å²) in [5.74, 6) is 1.13. The van der Waals surface area contributed by atoms with Crippen molar-refractivity contribution in [1.82, 2.24) is 0 Å². The molecule has 0 N–H and O–H groups in total. The van der Waals surface area contributed by atoms with Gasteiger partial charge in [0.25, 0.3) is 0 Å². The number of methoxy groups -OCH3 is 1. The van der Waals surface area contributed by atoms with Gasteiger partial charge in [0.2, 0.25) is 5.78 Å². The molecule has 1 aromatic heterocycles. The van der Waals surface area contributed by atoms with E-state index in [1.807, 2.05) is 43.3 Å². The molecular weight excluding hydrogens is 352 g/mol. The summed E-state index contributed by atoms with van der Waals surface area (Å²) in [5.41, 5.74) is 1.02. The second-order valence-corrected chi connectivity index (χ2v) is 6.69. The van der Waals surface area contributed by atoms with Crippen molar-refractivity contribution in [2.45, 2.75) is 6.92 Å². The molecule has 110 valence electrons. The molecule has 0 aliphatic carbocycles. The van der Waals surface area contributed by atoms with Crippen LogP contribution in [0, 0.1) is 0 Å². The SMILES string of the molecule is CC=Cc1ccc(OCC(=O)c2ccc(Br)s2)c(OC)c1. The molecule has 0 radical (unpaired) electrons. The second kappa shape index (κ2) is 7.43. The highest BCUT2D eigenvalue weighted by Gasteiger charge is 2.11. The zero-order valence-electron chi connectivity index (χ0n) is 11.8. The average Bonchev–Trinajstić information content (AvgIpc) is 2.92. The lowest BCUT2D eigenvalue weighted by atomic mass is 10.2. The van der Waals surface area contributed by atoms with E-state index in [-0.39, 0.29) is 12.4 Å². The Hall–Kier alpha value is -1.59. The number of ketones is 1. The molecule has 0 bridgehead atoms. The number of rotatable bonds is 6. The molecule has 0 fully saturated rings.